The van der Waals surface area contributed by atoms with Gasteiger partial charge in [0.1, 0.15) is 0 Å². The topological polar surface area (TPSA) is 9.23 Å². The van der Waals surface area contributed by atoms with Crippen molar-refractivity contribution in [2.45, 2.75) is 51.7 Å². The zero-order valence-electron chi connectivity index (χ0n) is 11.1. The maximum Gasteiger partial charge on any atom is 0.192 e. The van der Waals surface area contributed by atoms with Crippen LogP contribution < -0.4 is 0 Å². The van der Waals surface area contributed by atoms with Gasteiger partial charge in [0.05, 0.1) is 6.61 Å². The summed E-state index contributed by atoms with van der Waals surface area (Å²) in [4.78, 5) is 0. The van der Waals surface area contributed by atoms with Gasteiger partial charge in [-0.25, -0.2) is 0 Å². The fourth-order valence-electron chi connectivity index (χ4n) is 1.33. The Kier molecular flexibility index (Phi) is 4.61. The predicted molar refractivity (Wildman–Crippen MR) is 77.5 cm³/mol. The van der Waals surface area contributed by atoms with E-state index >= 15 is 0 Å². The third-order valence-corrected chi connectivity index (χ3v) is 8.60. The number of halogens is 1. The zero-order valence-corrected chi connectivity index (χ0v) is 13.6. The van der Waals surface area contributed by atoms with Gasteiger partial charge in [-0.15, -0.1) is 0 Å². The lowest BCUT2D eigenvalue weighted by molar-refractivity contribution is 0.314. The van der Waals surface area contributed by atoms with Crippen LogP contribution in [0, 0.1) is 0 Å². The Labute approximate surface area is 109 Å². The van der Waals surface area contributed by atoms with Crippen LogP contribution in [0.25, 0.3) is 0 Å². The fourth-order valence-corrected chi connectivity index (χ4v) is 2.86. The zero-order chi connectivity index (χ0) is 12.4. The van der Waals surface area contributed by atoms with Gasteiger partial charge < -0.3 is 4.43 Å². The molecule has 0 saturated heterocycles. The maximum atomic E-state index is 6.20. The predicted octanol–water partition coefficient (Wildman–Crippen LogP) is 5.01. The minimum Gasteiger partial charge on any atom is -0.413 e. The average molecular weight is 303 g/mol. The Morgan fingerprint density at radius 2 is 2.00 bits per heavy atom. The molecule has 0 atom stereocenters. The minimum atomic E-state index is -1.59. The Balaban J connectivity index is 2.55. The van der Waals surface area contributed by atoms with Gasteiger partial charge >= 0.3 is 0 Å². The van der Waals surface area contributed by atoms with Crippen molar-refractivity contribution in [1.82, 2.24) is 0 Å². The monoisotopic (exact) mass is 302 g/mol. The molecule has 1 aliphatic rings. The normalized spacial score (nSPS) is 18.1. The molecule has 0 aliphatic heterocycles. The molecule has 0 radical (unpaired) electrons. The highest BCUT2D eigenvalue weighted by Gasteiger charge is 2.37. The van der Waals surface area contributed by atoms with E-state index in [9.17, 15) is 0 Å². The van der Waals surface area contributed by atoms with Gasteiger partial charge in [-0.1, -0.05) is 42.8 Å². The molecule has 0 aromatic rings. The van der Waals surface area contributed by atoms with Crippen molar-refractivity contribution in [2.24, 2.45) is 0 Å². The van der Waals surface area contributed by atoms with Crippen molar-refractivity contribution in [3.05, 3.63) is 22.2 Å². The first-order valence-corrected chi connectivity index (χ1v) is 9.61. The van der Waals surface area contributed by atoms with Crippen LogP contribution in [0.4, 0.5) is 0 Å². The highest BCUT2D eigenvalue weighted by atomic mass is 79.9. The van der Waals surface area contributed by atoms with Crippen molar-refractivity contribution in [3.8, 4) is 0 Å². The minimum absolute atomic E-state index is 0.301. The number of allylic oxidation sites excluding steroid dienone is 3. The van der Waals surface area contributed by atoms with E-state index in [0.717, 1.165) is 19.4 Å². The maximum absolute atomic E-state index is 6.20. The van der Waals surface area contributed by atoms with Crippen LogP contribution in [-0.2, 0) is 4.43 Å². The van der Waals surface area contributed by atoms with E-state index in [1.165, 1.54) is 10.1 Å². The number of hydrogen-bond acceptors (Lipinski definition) is 1. The summed E-state index contributed by atoms with van der Waals surface area (Å²) < 4.78 is 7.41. The molecule has 0 N–H and O–H groups in total. The first-order valence-electron chi connectivity index (χ1n) is 5.91. The average Bonchev–Trinajstić information content (AvgIpc) is 2.13. The van der Waals surface area contributed by atoms with Crippen molar-refractivity contribution in [1.29, 1.82) is 0 Å². The molecule has 0 aromatic carbocycles. The Bertz CT molecular complexity index is 310. The summed E-state index contributed by atoms with van der Waals surface area (Å²) in [6.45, 7) is 12.3. The van der Waals surface area contributed by atoms with Gasteiger partial charge in [0, 0.05) is 4.48 Å². The van der Waals surface area contributed by atoms with Crippen LogP contribution in [0.1, 0.15) is 33.6 Å². The lowest BCUT2D eigenvalue weighted by Gasteiger charge is -2.36. The summed E-state index contributed by atoms with van der Waals surface area (Å²) in [5, 5.41) is 0.301. The van der Waals surface area contributed by atoms with E-state index in [-0.39, 0.29) is 0 Å². The summed E-state index contributed by atoms with van der Waals surface area (Å²) >= 11 is 3.53. The van der Waals surface area contributed by atoms with Gasteiger partial charge in [-0.3, -0.25) is 0 Å². The van der Waals surface area contributed by atoms with Crippen LogP contribution in [0.5, 0.6) is 0 Å². The standard InChI is InChI=1S/C13H23BrOSi/c1-13(2,3)16(4,5)15-10-11-7-6-8-12(14)9-11/h8-9H,6-7,10H2,1-5H3. The summed E-state index contributed by atoms with van der Waals surface area (Å²) in [6, 6.07) is 0. The molecule has 16 heavy (non-hydrogen) atoms. The molecule has 0 fully saturated rings. The van der Waals surface area contributed by atoms with Gasteiger partial charge in [0.2, 0.25) is 0 Å². The first-order chi connectivity index (χ1) is 7.22. The second kappa shape index (κ2) is 5.19. The summed E-state index contributed by atoms with van der Waals surface area (Å²) in [7, 11) is -1.59. The van der Waals surface area contributed by atoms with Crippen LogP contribution in [-0.4, -0.2) is 14.9 Å². The highest BCUT2D eigenvalue weighted by molar-refractivity contribution is 9.11. The van der Waals surface area contributed by atoms with E-state index in [1.807, 2.05) is 0 Å². The molecule has 1 rings (SSSR count). The Morgan fingerprint density at radius 3 is 2.50 bits per heavy atom. The van der Waals surface area contributed by atoms with Crippen molar-refractivity contribution < 1.29 is 4.43 Å². The van der Waals surface area contributed by atoms with E-state index in [1.54, 1.807) is 0 Å². The third-order valence-electron chi connectivity index (χ3n) is 3.57. The van der Waals surface area contributed by atoms with Crippen LogP contribution in [0.2, 0.25) is 18.1 Å². The molecule has 1 aliphatic carbocycles. The summed E-state index contributed by atoms with van der Waals surface area (Å²) in [5.41, 5.74) is 1.42. The summed E-state index contributed by atoms with van der Waals surface area (Å²) in [6.07, 6.45) is 6.70. The fraction of sp³-hybridized carbons (Fsp3) is 0.692. The molecule has 0 saturated carbocycles. The first kappa shape index (κ1) is 14.2. The largest absolute Gasteiger partial charge is 0.413 e. The number of rotatable bonds is 3. The Hall–Kier alpha value is 0.137. The van der Waals surface area contributed by atoms with Crippen molar-refractivity contribution >= 4 is 24.2 Å². The molecule has 3 heteroatoms. The van der Waals surface area contributed by atoms with Crippen LogP contribution >= 0.6 is 15.9 Å². The van der Waals surface area contributed by atoms with Gasteiger partial charge in [0.15, 0.2) is 8.32 Å². The molecule has 92 valence electrons. The van der Waals surface area contributed by atoms with Crippen molar-refractivity contribution in [2.75, 3.05) is 6.61 Å². The molecule has 0 bridgehead atoms. The smallest absolute Gasteiger partial charge is 0.192 e. The van der Waals surface area contributed by atoms with Crippen LogP contribution in [0.15, 0.2) is 22.2 Å². The third kappa shape index (κ3) is 3.86. The van der Waals surface area contributed by atoms with Gasteiger partial charge in [-0.2, -0.15) is 0 Å². The van der Waals surface area contributed by atoms with E-state index in [2.05, 4.69) is 61.9 Å². The molecule has 0 aromatic heterocycles. The number of hydrogen-bond donors (Lipinski definition) is 0. The quantitative estimate of drug-likeness (QED) is 0.666. The Morgan fingerprint density at radius 1 is 1.38 bits per heavy atom. The van der Waals surface area contributed by atoms with Crippen LogP contribution in [0.3, 0.4) is 0 Å². The summed E-state index contributed by atoms with van der Waals surface area (Å²) in [5.74, 6) is 0. The second-order valence-electron chi connectivity index (χ2n) is 5.98. The molecule has 0 heterocycles. The van der Waals surface area contributed by atoms with E-state index in [0.29, 0.717) is 5.04 Å². The SMILES string of the molecule is CC(C)(C)[Si](C)(C)OCC1=CC(Br)=CCC1. The molecular weight excluding hydrogens is 280 g/mol. The van der Waals surface area contributed by atoms with E-state index < -0.39 is 8.32 Å². The lowest BCUT2D eigenvalue weighted by Crippen LogP contribution is -2.41. The van der Waals surface area contributed by atoms with E-state index in [4.69, 9.17) is 4.43 Å². The van der Waals surface area contributed by atoms with Gasteiger partial charge in [0.25, 0.3) is 0 Å². The second-order valence-corrected chi connectivity index (χ2v) is 11.7. The molecule has 0 unspecified atom stereocenters. The lowest BCUT2D eigenvalue weighted by atomic mass is 10.1. The molecular formula is C13H23BrOSi. The molecule has 1 nitrogen and oxygen atoms in total. The molecule has 0 amide bonds. The molecule has 0 spiro atoms. The van der Waals surface area contributed by atoms with Gasteiger partial charge in [-0.05, 0) is 42.6 Å². The highest BCUT2D eigenvalue weighted by Crippen LogP contribution is 2.37. The van der Waals surface area contributed by atoms with Crippen molar-refractivity contribution in [3.63, 3.8) is 0 Å².